The van der Waals surface area contributed by atoms with Gasteiger partial charge in [0.25, 0.3) is 0 Å². The molecule has 2 atom stereocenters. The lowest BCUT2D eigenvalue weighted by Gasteiger charge is -2.46. The number of hydrogen-bond acceptors (Lipinski definition) is 4. The van der Waals surface area contributed by atoms with Gasteiger partial charge < -0.3 is 15.7 Å². The largest absolute Gasteiger partial charge is 0.480 e. The molecule has 5 nitrogen and oxygen atoms in total. The molecule has 2 rings (SSSR count). The molecular weight excluding hydrogens is 254 g/mol. The number of nitrogens with two attached hydrogens (primary N) is 1. The fourth-order valence-electron chi connectivity index (χ4n) is 3.08. The van der Waals surface area contributed by atoms with Crippen LogP contribution in [-0.4, -0.2) is 47.7 Å². The number of carboxylic acids is 1. The summed E-state index contributed by atoms with van der Waals surface area (Å²) in [6.07, 6.45) is 0.830. The highest BCUT2D eigenvalue weighted by molar-refractivity contribution is 5.80. The summed E-state index contributed by atoms with van der Waals surface area (Å²) in [6, 6.07) is 6.99. The van der Waals surface area contributed by atoms with Crippen LogP contribution in [0.5, 0.6) is 0 Å². The lowest BCUT2D eigenvalue weighted by atomic mass is 9.98. The predicted molar refractivity (Wildman–Crippen MR) is 81.0 cm³/mol. The summed E-state index contributed by atoms with van der Waals surface area (Å²) < 4.78 is 0. The van der Waals surface area contributed by atoms with Crippen LogP contribution in [0.3, 0.4) is 0 Å². The van der Waals surface area contributed by atoms with Crippen molar-refractivity contribution in [2.45, 2.75) is 32.4 Å². The van der Waals surface area contributed by atoms with Gasteiger partial charge in [0.2, 0.25) is 0 Å². The van der Waals surface area contributed by atoms with E-state index in [1.54, 1.807) is 0 Å². The minimum Gasteiger partial charge on any atom is -0.480 e. The lowest BCUT2D eigenvalue weighted by molar-refractivity contribution is -0.141. The maximum Gasteiger partial charge on any atom is 0.327 e. The highest BCUT2D eigenvalue weighted by atomic mass is 16.4. The van der Waals surface area contributed by atoms with Gasteiger partial charge in [0.05, 0.1) is 0 Å². The number of nitrogens with zero attached hydrogens (tertiary/aromatic N) is 2. The van der Waals surface area contributed by atoms with Crippen LogP contribution < -0.4 is 10.6 Å². The topological polar surface area (TPSA) is 69.8 Å². The second kappa shape index (κ2) is 6.13. The van der Waals surface area contributed by atoms with Crippen molar-refractivity contribution in [2.24, 2.45) is 0 Å². The van der Waals surface area contributed by atoms with E-state index in [-0.39, 0.29) is 6.04 Å². The van der Waals surface area contributed by atoms with E-state index >= 15 is 0 Å². The molecule has 0 bridgehead atoms. The van der Waals surface area contributed by atoms with Crippen molar-refractivity contribution < 1.29 is 9.90 Å². The average Bonchev–Trinajstić information content (AvgIpc) is 2.46. The third-order valence-electron chi connectivity index (χ3n) is 4.10. The minimum absolute atomic E-state index is 0.0452. The van der Waals surface area contributed by atoms with E-state index < -0.39 is 12.0 Å². The van der Waals surface area contributed by atoms with Gasteiger partial charge in [-0.05, 0) is 37.2 Å². The molecule has 2 unspecified atom stereocenters. The number of hydrogen-bond donors (Lipinski definition) is 2. The fraction of sp³-hybridized carbons (Fsp3) is 0.533. The third kappa shape index (κ3) is 2.72. The van der Waals surface area contributed by atoms with Gasteiger partial charge in [0, 0.05) is 30.5 Å². The number of anilines is 2. The summed E-state index contributed by atoms with van der Waals surface area (Å²) in [5.41, 5.74) is 7.33. The Bertz CT molecular complexity index is 461. The Morgan fingerprint density at radius 2 is 1.95 bits per heavy atom. The van der Waals surface area contributed by atoms with Crippen molar-refractivity contribution in [1.82, 2.24) is 4.90 Å². The highest BCUT2D eigenvalue weighted by Gasteiger charge is 2.39. The van der Waals surface area contributed by atoms with Crippen LogP contribution in [0.4, 0.5) is 11.4 Å². The smallest absolute Gasteiger partial charge is 0.327 e. The summed E-state index contributed by atoms with van der Waals surface area (Å²) in [7, 11) is 0. The van der Waals surface area contributed by atoms with E-state index in [2.05, 4.69) is 18.7 Å². The van der Waals surface area contributed by atoms with Crippen LogP contribution in [0, 0.1) is 0 Å². The number of benzene rings is 1. The molecule has 1 aromatic rings. The van der Waals surface area contributed by atoms with Gasteiger partial charge in [-0.1, -0.05) is 13.8 Å². The first-order valence-electron chi connectivity index (χ1n) is 7.17. The Morgan fingerprint density at radius 1 is 1.30 bits per heavy atom. The summed E-state index contributed by atoms with van der Waals surface area (Å²) in [6.45, 7) is 6.64. The van der Waals surface area contributed by atoms with Crippen molar-refractivity contribution in [2.75, 3.05) is 30.3 Å². The van der Waals surface area contributed by atoms with Gasteiger partial charge in [0.15, 0.2) is 0 Å². The van der Waals surface area contributed by atoms with E-state index in [4.69, 9.17) is 5.73 Å². The molecule has 0 radical (unpaired) electrons. The average molecular weight is 277 g/mol. The number of piperazine rings is 1. The van der Waals surface area contributed by atoms with E-state index in [0.29, 0.717) is 5.69 Å². The molecule has 0 aliphatic carbocycles. The van der Waals surface area contributed by atoms with E-state index in [9.17, 15) is 9.90 Å². The molecule has 3 N–H and O–H groups in total. The van der Waals surface area contributed by atoms with Crippen molar-refractivity contribution in [3.8, 4) is 0 Å². The van der Waals surface area contributed by atoms with Gasteiger partial charge in [-0.3, -0.25) is 4.90 Å². The first kappa shape index (κ1) is 14.7. The second-order valence-corrected chi connectivity index (χ2v) is 5.17. The molecule has 1 aliphatic rings. The third-order valence-corrected chi connectivity index (χ3v) is 4.10. The first-order valence-corrected chi connectivity index (χ1v) is 7.17. The number of likely N-dealkylation sites (N-methyl/N-ethyl adjacent to an activating group) is 1. The Labute approximate surface area is 120 Å². The number of carbonyl (C=O) groups is 1. The predicted octanol–water partition coefficient (Wildman–Crippen LogP) is 1.64. The molecule has 1 saturated heterocycles. The first-order chi connectivity index (χ1) is 9.58. The summed E-state index contributed by atoms with van der Waals surface area (Å²) >= 11 is 0. The zero-order chi connectivity index (χ0) is 14.7. The molecule has 110 valence electrons. The van der Waals surface area contributed by atoms with Gasteiger partial charge in [-0.25, -0.2) is 4.79 Å². The number of carboxylic acid groups (broad SMARTS) is 1. The molecule has 20 heavy (non-hydrogen) atoms. The van der Waals surface area contributed by atoms with Crippen LogP contribution in [0.1, 0.15) is 20.3 Å². The van der Waals surface area contributed by atoms with Crippen LogP contribution in [0.2, 0.25) is 0 Å². The number of rotatable bonds is 4. The molecule has 0 saturated carbocycles. The van der Waals surface area contributed by atoms with Crippen molar-refractivity contribution >= 4 is 17.3 Å². The van der Waals surface area contributed by atoms with E-state index in [1.165, 1.54) is 0 Å². The summed E-state index contributed by atoms with van der Waals surface area (Å²) in [5.74, 6) is -0.758. The molecule has 5 heteroatoms. The van der Waals surface area contributed by atoms with Gasteiger partial charge in [-0.15, -0.1) is 0 Å². The van der Waals surface area contributed by atoms with Crippen LogP contribution in [0.15, 0.2) is 24.3 Å². The van der Waals surface area contributed by atoms with E-state index in [0.717, 1.165) is 31.7 Å². The molecule has 1 aliphatic heterocycles. The second-order valence-electron chi connectivity index (χ2n) is 5.17. The van der Waals surface area contributed by atoms with Crippen LogP contribution in [-0.2, 0) is 4.79 Å². The highest BCUT2D eigenvalue weighted by Crippen LogP contribution is 2.27. The van der Waals surface area contributed by atoms with Gasteiger partial charge >= 0.3 is 5.97 Å². The molecule has 1 aromatic carbocycles. The SMILES string of the molecule is CCC1C(C(=O)O)N(c2ccc(N)cc2)CCN1CC. The quantitative estimate of drug-likeness (QED) is 0.819. The number of aliphatic carboxylic acids is 1. The Balaban J connectivity index is 2.32. The standard InChI is InChI=1S/C15H23N3O2/c1-3-13-14(15(19)20)18(10-9-17(13)4-2)12-7-5-11(16)6-8-12/h5-8,13-14H,3-4,9-10,16H2,1-2H3,(H,19,20). The Hall–Kier alpha value is -1.75. The van der Waals surface area contributed by atoms with Crippen LogP contribution in [0.25, 0.3) is 0 Å². The molecule has 0 spiro atoms. The monoisotopic (exact) mass is 277 g/mol. The van der Waals surface area contributed by atoms with Crippen molar-refractivity contribution in [1.29, 1.82) is 0 Å². The maximum atomic E-state index is 11.7. The zero-order valence-corrected chi connectivity index (χ0v) is 12.1. The number of nitrogen functional groups attached to an aromatic ring is 1. The summed E-state index contributed by atoms with van der Waals surface area (Å²) in [4.78, 5) is 16.0. The maximum absolute atomic E-state index is 11.7. The molecule has 1 fully saturated rings. The fourth-order valence-corrected chi connectivity index (χ4v) is 3.08. The Morgan fingerprint density at radius 3 is 2.45 bits per heavy atom. The van der Waals surface area contributed by atoms with Crippen molar-refractivity contribution in [3.63, 3.8) is 0 Å². The van der Waals surface area contributed by atoms with Crippen molar-refractivity contribution in [3.05, 3.63) is 24.3 Å². The molecule has 0 amide bonds. The molecule has 0 aromatic heterocycles. The van der Waals surface area contributed by atoms with Gasteiger partial charge in [-0.2, -0.15) is 0 Å². The minimum atomic E-state index is -0.758. The molecule has 1 heterocycles. The summed E-state index contributed by atoms with van der Waals surface area (Å²) in [5, 5.41) is 9.65. The molecular formula is C15H23N3O2. The van der Waals surface area contributed by atoms with E-state index in [1.807, 2.05) is 29.2 Å². The van der Waals surface area contributed by atoms with Crippen LogP contribution >= 0.6 is 0 Å². The zero-order valence-electron chi connectivity index (χ0n) is 12.1. The normalized spacial score (nSPS) is 23.8. The lowest BCUT2D eigenvalue weighted by Crippen LogP contribution is -2.62. The Kier molecular flexibility index (Phi) is 4.49. The van der Waals surface area contributed by atoms with Gasteiger partial charge in [0.1, 0.15) is 6.04 Å².